The molecule has 9 heteroatoms. The summed E-state index contributed by atoms with van der Waals surface area (Å²) in [6, 6.07) is 5.99. The van der Waals surface area contributed by atoms with Crippen molar-refractivity contribution in [3.05, 3.63) is 29.8 Å². The van der Waals surface area contributed by atoms with Gasteiger partial charge in [-0.1, -0.05) is 17.7 Å². The van der Waals surface area contributed by atoms with Gasteiger partial charge in [-0.3, -0.25) is 4.55 Å². The van der Waals surface area contributed by atoms with E-state index < -0.39 is 16.2 Å². The number of aliphatic hydroxyl groups excluding tert-OH is 2. The highest BCUT2D eigenvalue weighted by Crippen LogP contribution is 2.08. The van der Waals surface area contributed by atoms with E-state index >= 15 is 0 Å². The van der Waals surface area contributed by atoms with Crippen LogP contribution in [0.25, 0.3) is 0 Å². The van der Waals surface area contributed by atoms with Crippen LogP contribution >= 0.6 is 0 Å². The first-order valence-electron chi connectivity index (χ1n) is 9.13. The molecule has 0 aliphatic carbocycles. The minimum atomic E-state index is -4.02. The van der Waals surface area contributed by atoms with E-state index in [0.717, 1.165) is 5.56 Å². The Hall–Kier alpha value is -1.07. The van der Waals surface area contributed by atoms with Crippen LogP contribution in [0.5, 0.6) is 0 Å². The van der Waals surface area contributed by atoms with Crippen LogP contribution in [0.2, 0.25) is 0 Å². The van der Waals surface area contributed by atoms with Gasteiger partial charge in [-0.2, -0.15) is 8.42 Å². The largest absolute Gasteiger partial charge is 0.394 e. The Labute approximate surface area is 168 Å². The Morgan fingerprint density at radius 1 is 0.857 bits per heavy atom. The normalized spacial score (nSPS) is 15.9. The van der Waals surface area contributed by atoms with Crippen LogP contribution < -0.4 is 0 Å². The molecule has 0 aromatic heterocycles. The maximum atomic E-state index is 10.5. The van der Waals surface area contributed by atoms with Crippen molar-refractivity contribution in [2.24, 2.45) is 0 Å². The van der Waals surface area contributed by atoms with E-state index in [2.05, 4.69) is 0 Å². The predicted octanol–water partition coefficient (Wildman–Crippen LogP) is 1.82. The summed E-state index contributed by atoms with van der Waals surface area (Å²) in [6.45, 7) is 10.4. The third-order valence-electron chi connectivity index (χ3n) is 3.43. The third-order valence-corrected chi connectivity index (χ3v) is 4.30. The molecule has 0 heterocycles. The van der Waals surface area contributed by atoms with Crippen molar-refractivity contribution in [1.29, 1.82) is 0 Å². The molecular formula is C19H34O8S. The average Bonchev–Trinajstić information content (AvgIpc) is 2.62. The summed E-state index contributed by atoms with van der Waals surface area (Å²) in [5, 5.41) is 17.8. The third kappa shape index (κ3) is 14.0. The van der Waals surface area contributed by atoms with E-state index in [1.807, 2.05) is 20.8 Å². The van der Waals surface area contributed by atoms with Gasteiger partial charge in [0.05, 0.1) is 55.7 Å². The fourth-order valence-electron chi connectivity index (χ4n) is 1.76. The van der Waals surface area contributed by atoms with Gasteiger partial charge < -0.3 is 24.4 Å². The molecule has 4 atom stereocenters. The van der Waals surface area contributed by atoms with Crippen molar-refractivity contribution < 1.29 is 37.4 Å². The van der Waals surface area contributed by atoms with Gasteiger partial charge in [0.2, 0.25) is 0 Å². The standard InChI is InChI=1S/C12H26O5.C7H8O3S/c1-9(14)6-15-11(3)8-17-12(4)7-16-10(2)5-13;1-6-2-4-7(5-3-6)11(8,9)10/h9-14H,5-8H2,1-4H3;2-5H,1H3,(H,8,9,10). The number of ether oxygens (including phenoxy) is 3. The number of hydrogen-bond donors (Lipinski definition) is 3. The molecule has 1 aromatic rings. The van der Waals surface area contributed by atoms with E-state index in [9.17, 15) is 8.42 Å². The van der Waals surface area contributed by atoms with E-state index in [0.29, 0.717) is 19.8 Å². The van der Waals surface area contributed by atoms with Crippen LogP contribution in [0.15, 0.2) is 29.2 Å². The number of aryl methyl sites for hydroxylation is 1. The molecule has 0 aliphatic heterocycles. The zero-order chi connectivity index (χ0) is 21.7. The number of hydrogen-bond acceptors (Lipinski definition) is 7. The van der Waals surface area contributed by atoms with Gasteiger partial charge in [-0.15, -0.1) is 0 Å². The Morgan fingerprint density at radius 3 is 1.68 bits per heavy atom. The maximum absolute atomic E-state index is 10.5. The number of aliphatic hydroxyl groups is 2. The molecule has 0 saturated carbocycles. The second kappa shape index (κ2) is 14.0. The minimum absolute atomic E-state index is 0.0145. The Balaban J connectivity index is 0.000000567. The molecule has 0 fully saturated rings. The monoisotopic (exact) mass is 422 g/mol. The quantitative estimate of drug-likeness (QED) is 0.462. The van der Waals surface area contributed by atoms with Crippen molar-refractivity contribution in [2.45, 2.75) is 63.9 Å². The molecule has 164 valence electrons. The second-order valence-corrected chi connectivity index (χ2v) is 8.17. The highest BCUT2D eigenvalue weighted by molar-refractivity contribution is 7.85. The molecule has 4 unspecified atom stereocenters. The molecule has 0 aliphatic rings. The lowest BCUT2D eigenvalue weighted by Crippen LogP contribution is -2.27. The topological polar surface area (TPSA) is 123 Å². The fraction of sp³-hybridized carbons (Fsp3) is 0.684. The number of benzene rings is 1. The van der Waals surface area contributed by atoms with Crippen molar-refractivity contribution in [3.63, 3.8) is 0 Å². The summed E-state index contributed by atoms with van der Waals surface area (Å²) in [6.07, 6.45) is -0.711. The first-order valence-corrected chi connectivity index (χ1v) is 10.6. The highest BCUT2D eigenvalue weighted by atomic mass is 32.2. The van der Waals surface area contributed by atoms with Gasteiger partial charge in [-0.25, -0.2) is 0 Å². The van der Waals surface area contributed by atoms with Crippen molar-refractivity contribution in [3.8, 4) is 0 Å². The summed E-state index contributed by atoms with van der Waals surface area (Å²) >= 11 is 0. The SMILES string of the molecule is CC(O)COC(C)COC(C)COC(C)CO.Cc1ccc(S(=O)(=O)O)cc1. The lowest BCUT2D eigenvalue weighted by atomic mass is 10.2. The molecule has 0 radical (unpaired) electrons. The van der Waals surface area contributed by atoms with E-state index in [4.69, 9.17) is 29.0 Å². The van der Waals surface area contributed by atoms with Gasteiger partial charge in [0.15, 0.2) is 0 Å². The Kier molecular flexibility index (Phi) is 13.5. The first kappa shape index (κ1) is 26.9. The lowest BCUT2D eigenvalue weighted by Gasteiger charge is -2.19. The summed E-state index contributed by atoms with van der Waals surface area (Å²) in [5.41, 5.74) is 0.956. The van der Waals surface area contributed by atoms with Crippen LogP contribution in [0.4, 0.5) is 0 Å². The van der Waals surface area contributed by atoms with Gasteiger partial charge in [0, 0.05) is 0 Å². The van der Waals surface area contributed by atoms with Crippen molar-refractivity contribution in [2.75, 3.05) is 26.4 Å². The van der Waals surface area contributed by atoms with Crippen molar-refractivity contribution >= 4 is 10.1 Å². The van der Waals surface area contributed by atoms with E-state index in [1.165, 1.54) is 12.1 Å². The molecule has 0 bridgehead atoms. The fourth-order valence-corrected chi connectivity index (χ4v) is 2.24. The summed E-state index contributed by atoms with van der Waals surface area (Å²) in [4.78, 5) is -0.0666. The minimum Gasteiger partial charge on any atom is -0.394 e. The second-order valence-electron chi connectivity index (χ2n) is 6.75. The van der Waals surface area contributed by atoms with Crippen molar-refractivity contribution in [1.82, 2.24) is 0 Å². The Bertz CT molecular complexity index is 615. The molecule has 0 saturated heterocycles. The molecule has 3 N–H and O–H groups in total. The summed E-state index contributed by atoms with van der Waals surface area (Å²) in [7, 11) is -4.02. The number of rotatable bonds is 11. The molecule has 8 nitrogen and oxygen atoms in total. The van der Waals surface area contributed by atoms with Gasteiger partial charge in [-0.05, 0) is 46.8 Å². The summed E-state index contributed by atoms with van der Waals surface area (Å²) in [5.74, 6) is 0. The lowest BCUT2D eigenvalue weighted by molar-refractivity contribution is -0.0825. The molecule has 28 heavy (non-hydrogen) atoms. The molecule has 1 aromatic carbocycles. The van der Waals surface area contributed by atoms with E-state index in [1.54, 1.807) is 26.0 Å². The highest BCUT2D eigenvalue weighted by Gasteiger charge is 2.10. The predicted molar refractivity (Wildman–Crippen MR) is 106 cm³/mol. The van der Waals surface area contributed by atoms with E-state index in [-0.39, 0.29) is 29.8 Å². The van der Waals surface area contributed by atoms with Gasteiger partial charge in [0.1, 0.15) is 0 Å². The molecule has 0 spiro atoms. The van der Waals surface area contributed by atoms with Crippen LogP contribution in [-0.4, -0.2) is 74.0 Å². The molecule has 0 amide bonds. The Morgan fingerprint density at radius 2 is 1.29 bits per heavy atom. The summed E-state index contributed by atoms with van der Waals surface area (Å²) < 4.78 is 45.7. The zero-order valence-electron chi connectivity index (χ0n) is 17.2. The van der Waals surface area contributed by atoms with Crippen LogP contribution in [0.1, 0.15) is 33.3 Å². The smallest absolute Gasteiger partial charge is 0.294 e. The molecular weight excluding hydrogens is 388 g/mol. The van der Waals surface area contributed by atoms with Crippen LogP contribution in [-0.2, 0) is 24.3 Å². The van der Waals surface area contributed by atoms with Crippen LogP contribution in [0, 0.1) is 6.92 Å². The molecule has 1 rings (SSSR count). The van der Waals surface area contributed by atoms with Gasteiger partial charge >= 0.3 is 0 Å². The van der Waals surface area contributed by atoms with Gasteiger partial charge in [0.25, 0.3) is 10.1 Å². The van der Waals surface area contributed by atoms with Crippen LogP contribution in [0.3, 0.4) is 0 Å². The first-order chi connectivity index (χ1) is 13.0. The average molecular weight is 423 g/mol. The zero-order valence-corrected chi connectivity index (χ0v) is 18.1. The maximum Gasteiger partial charge on any atom is 0.294 e.